The minimum atomic E-state index is -0.194. The Morgan fingerprint density at radius 2 is 1.90 bits per heavy atom. The molecular formula is C31H34ClN5O2. The highest BCUT2D eigenvalue weighted by molar-refractivity contribution is 6.34. The van der Waals surface area contributed by atoms with Gasteiger partial charge in [0.05, 0.1) is 28.4 Å². The van der Waals surface area contributed by atoms with Gasteiger partial charge in [-0.2, -0.15) is 0 Å². The van der Waals surface area contributed by atoms with Gasteiger partial charge < -0.3 is 20.4 Å². The van der Waals surface area contributed by atoms with E-state index in [9.17, 15) is 4.79 Å². The zero-order valence-corrected chi connectivity index (χ0v) is 23.2. The van der Waals surface area contributed by atoms with Crippen LogP contribution in [-0.2, 0) is 0 Å². The van der Waals surface area contributed by atoms with Crippen molar-refractivity contribution in [2.45, 2.75) is 64.3 Å². The largest absolute Gasteiger partial charge is 0.492 e. The van der Waals surface area contributed by atoms with E-state index in [0.29, 0.717) is 51.9 Å². The maximum atomic E-state index is 13.5. The van der Waals surface area contributed by atoms with Crippen LogP contribution >= 0.6 is 11.6 Å². The summed E-state index contributed by atoms with van der Waals surface area (Å²) in [6.45, 7) is 5.64. The Morgan fingerprint density at radius 1 is 1.08 bits per heavy atom. The van der Waals surface area contributed by atoms with Crippen molar-refractivity contribution >= 4 is 34.0 Å². The van der Waals surface area contributed by atoms with Crippen LogP contribution in [-0.4, -0.2) is 34.1 Å². The van der Waals surface area contributed by atoms with Crippen molar-refractivity contribution in [3.05, 3.63) is 74.9 Å². The standard InChI is InChI=1S/C31H34ClN5O2/c1-18-13-19(2)15-21(14-18)28-29(39-12-9-22-5-3-4-10-33-22)23-16-26(24(32)17-25(23)36-31(28)38)35-27-8-11-34-30(37-27)20-6-7-20/h8,11,13-17,20,22,33H,3-7,9-10,12H2,1-2H3,(H,36,38)(H,34,35,37)/t22-/m1/s1. The molecule has 2 aromatic carbocycles. The summed E-state index contributed by atoms with van der Waals surface area (Å²) in [6.07, 6.45) is 8.52. The maximum absolute atomic E-state index is 13.5. The Hall–Kier alpha value is -3.42. The van der Waals surface area contributed by atoms with Gasteiger partial charge in [0.15, 0.2) is 0 Å². The lowest BCUT2D eigenvalue weighted by Gasteiger charge is -2.24. The number of rotatable bonds is 8. The molecule has 39 heavy (non-hydrogen) atoms. The molecule has 202 valence electrons. The van der Waals surface area contributed by atoms with Gasteiger partial charge in [0.1, 0.15) is 17.4 Å². The van der Waals surface area contributed by atoms with E-state index in [0.717, 1.165) is 60.1 Å². The SMILES string of the molecule is Cc1cc(C)cc(-c2c(OCC[C@H]3CCCCN3)c3cc(Nc4ccnc(C5CC5)n4)c(Cl)cc3[nH]c2=O)c1. The summed E-state index contributed by atoms with van der Waals surface area (Å²) in [6, 6.07) is 12.2. The summed E-state index contributed by atoms with van der Waals surface area (Å²) in [5, 5.41) is 8.24. The summed E-state index contributed by atoms with van der Waals surface area (Å²) < 4.78 is 6.52. The molecule has 7 nitrogen and oxygen atoms in total. The fourth-order valence-electron chi connectivity index (χ4n) is 5.51. The number of aromatic amines is 1. The average molecular weight is 544 g/mol. The molecule has 1 aliphatic carbocycles. The Morgan fingerprint density at radius 3 is 2.64 bits per heavy atom. The molecule has 1 atom stereocenters. The van der Waals surface area contributed by atoms with E-state index in [1.165, 1.54) is 12.8 Å². The van der Waals surface area contributed by atoms with E-state index < -0.39 is 0 Å². The molecular weight excluding hydrogens is 510 g/mol. The molecule has 1 saturated carbocycles. The molecule has 0 bridgehead atoms. The normalized spacial score (nSPS) is 17.4. The first-order valence-corrected chi connectivity index (χ1v) is 14.3. The van der Waals surface area contributed by atoms with Gasteiger partial charge in [-0.25, -0.2) is 9.97 Å². The van der Waals surface area contributed by atoms with Crippen molar-refractivity contribution in [3.63, 3.8) is 0 Å². The van der Waals surface area contributed by atoms with E-state index >= 15 is 0 Å². The van der Waals surface area contributed by atoms with Crippen molar-refractivity contribution in [2.75, 3.05) is 18.5 Å². The van der Waals surface area contributed by atoms with E-state index in [-0.39, 0.29) is 5.56 Å². The number of hydrogen-bond acceptors (Lipinski definition) is 6. The molecule has 0 spiro atoms. The number of pyridine rings is 1. The number of H-pyrrole nitrogens is 1. The van der Waals surface area contributed by atoms with Crippen LogP contribution in [0.15, 0.2) is 47.4 Å². The fourth-order valence-corrected chi connectivity index (χ4v) is 5.72. The van der Waals surface area contributed by atoms with Crippen molar-refractivity contribution < 1.29 is 4.74 Å². The van der Waals surface area contributed by atoms with Gasteiger partial charge in [-0.15, -0.1) is 0 Å². The number of nitrogens with one attached hydrogen (secondary N) is 3. The number of aryl methyl sites for hydroxylation is 2. The van der Waals surface area contributed by atoms with E-state index in [2.05, 4.69) is 26.7 Å². The first-order valence-electron chi connectivity index (χ1n) is 13.9. The number of aromatic nitrogens is 3. The average Bonchev–Trinajstić information content (AvgIpc) is 3.75. The van der Waals surface area contributed by atoms with E-state index in [4.69, 9.17) is 21.3 Å². The molecule has 2 fully saturated rings. The molecule has 1 saturated heterocycles. The van der Waals surface area contributed by atoms with Crippen molar-refractivity contribution in [1.29, 1.82) is 0 Å². The predicted octanol–water partition coefficient (Wildman–Crippen LogP) is 6.79. The predicted molar refractivity (Wildman–Crippen MR) is 158 cm³/mol. The van der Waals surface area contributed by atoms with Gasteiger partial charge in [0.2, 0.25) is 0 Å². The quantitative estimate of drug-likeness (QED) is 0.227. The van der Waals surface area contributed by atoms with Crippen molar-refractivity contribution in [3.8, 4) is 16.9 Å². The number of halogens is 1. The van der Waals surface area contributed by atoms with Crippen molar-refractivity contribution in [2.24, 2.45) is 0 Å². The Bertz CT molecular complexity index is 1550. The first-order chi connectivity index (χ1) is 18.9. The molecule has 6 rings (SSSR count). The molecule has 3 N–H and O–H groups in total. The molecule has 3 heterocycles. The molecule has 1 aliphatic heterocycles. The topological polar surface area (TPSA) is 91.9 Å². The first kappa shape index (κ1) is 25.8. The van der Waals surface area contributed by atoms with Crippen molar-refractivity contribution in [1.82, 2.24) is 20.3 Å². The minimum absolute atomic E-state index is 0.194. The lowest BCUT2D eigenvalue weighted by atomic mass is 9.99. The summed E-state index contributed by atoms with van der Waals surface area (Å²) in [4.78, 5) is 25.7. The van der Waals surface area contributed by atoms with Crippen LogP contribution in [0, 0.1) is 13.8 Å². The second kappa shape index (κ2) is 11.0. The third kappa shape index (κ3) is 5.80. The number of ether oxygens (including phenoxy) is 1. The minimum Gasteiger partial charge on any atom is -0.492 e. The lowest BCUT2D eigenvalue weighted by molar-refractivity contribution is 0.271. The van der Waals surface area contributed by atoms with E-state index in [1.807, 2.05) is 38.1 Å². The molecule has 2 aliphatic rings. The summed E-state index contributed by atoms with van der Waals surface area (Å²) in [5.74, 6) is 2.58. The zero-order chi connectivity index (χ0) is 26.9. The van der Waals surface area contributed by atoms with Gasteiger partial charge in [-0.1, -0.05) is 47.3 Å². The molecule has 2 aromatic heterocycles. The Balaban J connectivity index is 1.42. The number of fused-ring (bicyclic) bond motifs is 1. The zero-order valence-electron chi connectivity index (χ0n) is 22.4. The number of anilines is 2. The van der Waals surface area contributed by atoms with Gasteiger partial charge >= 0.3 is 0 Å². The van der Waals surface area contributed by atoms with Gasteiger partial charge in [0, 0.05) is 23.5 Å². The van der Waals surface area contributed by atoms with Crippen LogP contribution in [0.25, 0.3) is 22.0 Å². The monoisotopic (exact) mass is 543 g/mol. The highest BCUT2D eigenvalue weighted by Gasteiger charge is 2.26. The highest BCUT2D eigenvalue weighted by Crippen LogP contribution is 2.40. The smallest absolute Gasteiger partial charge is 0.260 e. The summed E-state index contributed by atoms with van der Waals surface area (Å²) >= 11 is 6.70. The lowest BCUT2D eigenvalue weighted by Crippen LogP contribution is -2.35. The second-order valence-electron chi connectivity index (χ2n) is 10.9. The fraction of sp³-hybridized carbons (Fsp3) is 0.387. The van der Waals surface area contributed by atoms with Crippen LogP contribution in [0.2, 0.25) is 5.02 Å². The number of hydrogen-bond donors (Lipinski definition) is 3. The molecule has 8 heteroatoms. The Kier molecular flexibility index (Phi) is 7.28. The number of piperidine rings is 1. The third-order valence-corrected chi connectivity index (χ3v) is 7.88. The van der Waals surface area contributed by atoms with Gasteiger partial charge in [0.25, 0.3) is 5.56 Å². The second-order valence-corrected chi connectivity index (χ2v) is 11.3. The maximum Gasteiger partial charge on any atom is 0.260 e. The highest BCUT2D eigenvalue weighted by atomic mass is 35.5. The van der Waals surface area contributed by atoms with Crippen LogP contribution < -0.4 is 20.9 Å². The van der Waals surface area contributed by atoms with Crippen LogP contribution in [0.4, 0.5) is 11.5 Å². The van der Waals surface area contributed by atoms with Crippen LogP contribution in [0.1, 0.15) is 61.4 Å². The van der Waals surface area contributed by atoms with E-state index in [1.54, 1.807) is 12.3 Å². The molecule has 0 amide bonds. The number of nitrogens with zero attached hydrogens (tertiary/aromatic N) is 2. The van der Waals surface area contributed by atoms with Crippen LogP contribution in [0.3, 0.4) is 0 Å². The summed E-state index contributed by atoms with van der Waals surface area (Å²) in [7, 11) is 0. The van der Waals surface area contributed by atoms with Crippen LogP contribution in [0.5, 0.6) is 5.75 Å². The summed E-state index contributed by atoms with van der Waals surface area (Å²) in [5.41, 5.74) is 4.71. The number of benzene rings is 2. The third-order valence-electron chi connectivity index (χ3n) is 7.57. The Labute approximate surface area is 233 Å². The molecule has 0 radical (unpaired) electrons. The molecule has 0 unspecified atom stereocenters. The molecule has 4 aromatic rings. The van der Waals surface area contributed by atoms with Gasteiger partial charge in [-0.05, 0) is 76.3 Å². The van der Waals surface area contributed by atoms with Gasteiger partial charge in [-0.3, -0.25) is 4.79 Å².